The highest BCUT2D eigenvalue weighted by molar-refractivity contribution is 9.10. The summed E-state index contributed by atoms with van der Waals surface area (Å²) in [6, 6.07) is 4.99. The Morgan fingerprint density at radius 3 is 2.41 bits per heavy atom. The summed E-state index contributed by atoms with van der Waals surface area (Å²) in [5, 5.41) is 22.3. The number of aromatic nitrogens is 4. The van der Waals surface area contributed by atoms with Crippen molar-refractivity contribution in [2.24, 2.45) is 0 Å². The van der Waals surface area contributed by atoms with Crippen LogP contribution in [0.25, 0.3) is 0 Å². The van der Waals surface area contributed by atoms with E-state index in [2.05, 4.69) is 47.0 Å². The van der Waals surface area contributed by atoms with Gasteiger partial charge in [-0.15, -0.1) is 20.4 Å². The van der Waals surface area contributed by atoms with Crippen molar-refractivity contribution in [1.82, 2.24) is 20.4 Å². The van der Waals surface area contributed by atoms with E-state index in [0.29, 0.717) is 25.2 Å². The lowest BCUT2D eigenvalue weighted by molar-refractivity contribution is -0.113. The average Bonchev–Trinajstić information content (AvgIpc) is 3.31. The summed E-state index contributed by atoms with van der Waals surface area (Å²) in [6.45, 7) is 2.02. The van der Waals surface area contributed by atoms with Gasteiger partial charge in [0.2, 0.25) is 16.2 Å². The van der Waals surface area contributed by atoms with Gasteiger partial charge in [0.15, 0.2) is 8.68 Å². The van der Waals surface area contributed by atoms with Crippen molar-refractivity contribution < 1.29 is 9.59 Å². The molecule has 0 unspecified atom stereocenters. The molecule has 29 heavy (non-hydrogen) atoms. The maximum atomic E-state index is 12.4. The highest BCUT2D eigenvalue weighted by Crippen LogP contribution is 2.28. The number of amides is 2. The minimum absolute atomic E-state index is 0.135. The number of hydrogen-bond donors (Lipinski definition) is 2. The Hall–Kier alpha value is -1.25. The highest BCUT2D eigenvalue weighted by Gasteiger charge is 2.15. The van der Waals surface area contributed by atoms with Crippen LogP contribution in [0.3, 0.4) is 0 Å². The predicted molar refractivity (Wildman–Crippen MR) is 123 cm³/mol. The molecule has 0 radical (unpaired) electrons. The Morgan fingerprint density at radius 1 is 1.07 bits per heavy atom. The zero-order valence-electron chi connectivity index (χ0n) is 14.6. The van der Waals surface area contributed by atoms with Crippen LogP contribution < -0.4 is 10.6 Å². The minimum Gasteiger partial charge on any atom is -0.300 e. The number of thioether (sulfide) groups is 2. The lowest BCUT2D eigenvalue weighted by Gasteiger charge is -2.04. The summed E-state index contributed by atoms with van der Waals surface area (Å²) in [7, 11) is 0. The number of carbonyl (C=O) groups excluding carboxylic acids is 2. The van der Waals surface area contributed by atoms with Gasteiger partial charge in [-0.05, 0) is 24.0 Å². The number of nitrogens with one attached hydrogen (secondary N) is 2. The molecular formula is C15H12BrClN6O2S4. The normalized spacial score (nSPS) is 10.7. The van der Waals surface area contributed by atoms with E-state index in [0.717, 1.165) is 14.6 Å². The molecule has 2 N–H and O–H groups in total. The van der Waals surface area contributed by atoms with E-state index < -0.39 is 5.91 Å². The summed E-state index contributed by atoms with van der Waals surface area (Å²) in [5.74, 6) is 0.414. The van der Waals surface area contributed by atoms with Crippen molar-refractivity contribution in [3.63, 3.8) is 0 Å². The Labute approximate surface area is 195 Å². The maximum Gasteiger partial charge on any atom is 0.259 e. The SMILES string of the molecule is CCSc1nnc(NC(=O)CSc2nnc(NC(=O)c3cc(Br)ccc3Cl)s2)s1. The summed E-state index contributed by atoms with van der Waals surface area (Å²) in [4.78, 5) is 24.4. The van der Waals surface area contributed by atoms with Gasteiger partial charge in [-0.2, -0.15) is 0 Å². The van der Waals surface area contributed by atoms with Gasteiger partial charge in [0.25, 0.3) is 5.91 Å². The van der Waals surface area contributed by atoms with Gasteiger partial charge >= 0.3 is 0 Å². The first kappa shape index (κ1) is 22.4. The molecule has 1 aromatic carbocycles. The Balaban J connectivity index is 1.51. The number of benzene rings is 1. The van der Waals surface area contributed by atoms with E-state index in [4.69, 9.17) is 11.6 Å². The Morgan fingerprint density at radius 2 is 1.72 bits per heavy atom. The monoisotopic (exact) mass is 550 g/mol. The fraction of sp³-hybridized carbons (Fsp3) is 0.200. The predicted octanol–water partition coefficient (Wildman–Crippen LogP) is 4.90. The smallest absolute Gasteiger partial charge is 0.259 e. The average molecular weight is 552 g/mol. The molecule has 0 spiro atoms. The highest BCUT2D eigenvalue weighted by atomic mass is 79.9. The van der Waals surface area contributed by atoms with E-state index in [-0.39, 0.29) is 11.7 Å². The molecule has 0 aliphatic heterocycles. The van der Waals surface area contributed by atoms with Gasteiger partial charge in [0.05, 0.1) is 16.3 Å². The van der Waals surface area contributed by atoms with Gasteiger partial charge < -0.3 is 0 Å². The molecule has 2 amide bonds. The minimum atomic E-state index is -0.390. The number of carbonyl (C=O) groups is 2. The van der Waals surface area contributed by atoms with Gasteiger partial charge in [-0.25, -0.2) is 0 Å². The largest absolute Gasteiger partial charge is 0.300 e. The summed E-state index contributed by atoms with van der Waals surface area (Å²) in [6.07, 6.45) is 0. The van der Waals surface area contributed by atoms with Crippen molar-refractivity contribution in [3.05, 3.63) is 33.3 Å². The van der Waals surface area contributed by atoms with E-state index in [1.54, 1.807) is 30.0 Å². The molecular weight excluding hydrogens is 540 g/mol. The topological polar surface area (TPSA) is 110 Å². The standard InChI is InChI=1S/C15H12BrClN6O2S4/c1-2-26-14-22-20-12(28-14)18-10(24)6-27-15-23-21-13(29-15)19-11(25)8-5-7(16)3-4-9(8)17/h3-5H,2,6H2,1H3,(H,18,20,24)(H,19,21,25). The quantitative estimate of drug-likeness (QED) is 0.300. The molecule has 0 atom stereocenters. The third-order valence-electron chi connectivity index (χ3n) is 3.05. The number of rotatable bonds is 8. The van der Waals surface area contributed by atoms with Crippen molar-refractivity contribution in [2.75, 3.05) is 22.1 Å². The number of nitrogens with zero attached hydrogens (tertiary/aromatic N) is 4. The molecule has 3 rings (SSSR count). The maximum absolute atomic E-state index is 12.4. The second-order valence-electron chi connectivity index (χ2n) is 5.09. The van der Waals surface area contributed by atoms with Crippen LogP contribution in [0.5, 0.6) is 0 Å². The fourth-order valence-corrected chi connectivity index (χ4v) is 5.66. The molecule has 0 fully saturated rings. The molecule has 152 valence electrons. The van der Waals surface area contributed by atoms with Crippen molar-refractivity contribution in [1.29, 1.82) is 0 Å². The van der Waals surface area contributed by atoms with Crippen molar-refractivity contribution in [2.45, 2.75) is 15.6 Å². The first-order chi connectivity index (χ1) is 13.9. The first-order valence-corrected chi connectivity index (χ1v) is 12.7. The first-order valence-electron chi connectivity index (χ1n) is 7.93. The third kappa shape index (κ3) is 6.62. The molecule has 2 aromatic heterocycles. The zero-order valence-corrected chi connectivity index (χ0v) is 20.2. The van der Waals surface area contributed by atoms with Gasteiger partial charge in [0.1, 0.15) is 0 Å². The molecule has 0 saturated heterocycles. The van der Waals surface area contributed by atoms with Crippen LogP contribution in [-0.4, -0.2) is 43.7 Å². The third-order valence-corrected chi connectivity index (χ3v) is 7.70. The van der Waals surface area contributed by atoms with Crippen LogP contribution >= 0.6 is 73.7 Å². The molecule has 14 heteroatoms. The lowest BCUT2D eigenvalue weighted by atomic mass is 10.2. The molecule has 0 aliphatic carbocycles. The van der Waals surface area contributed by atoms with Crippen molar-refractivity contribution in [3.8, 4) is 0 Å². The molecule has 2 heterocycles. The molecule has 0 bridgehead atoms. The van der Waals surface area contributed by atoms with Crippen LogP contribution in [0.15, 0.2) is 31.4 Å². The lowest BCUT2D eigenvalue weighted by Crippen LogP contribution is -2.13. The molecule has 3 aromatic rings. The summed E-state index contributed by atoms with van der Waals surface area (Å²) in [5.41, 5.74) is 0.322. The second-order valence-corrected chi connectivity index (χ2v) is 11.1. The van der Waals surface area contributed by atoms with Gasteiger partial charge in [-0.1, -0.05) is 80.7 Å². The Kier molecular flexibility index (Phi) is 8.26. The molecule has 8 nitrogen and oxygen atoms in total. The van der Waals surface area contributed by atoms with Crippen LogP contribution in [-0.2, 0) is 4.79 Å². The van der Waals surface area contributed by atoms with E-state index in [1.807, 2.05) is 6.92 Å². The van der Waals surface area contributed by atoms with Gasteiger partial charge in [0, 0.05) is 4.47 Å². The fourth-order valence-electron chi connectivity index (χ4n) is 1.88. The number of hydrogen-bond acceptors (Lipinski definition) is 10. The van der Waals surface area contributed by atoms with Crippen LogP contribution in [0, 0.1) is 0 Å². The Bertz CT molecular complexity index is 1030. The number of halogens is 2. The van der Waals surface area contributed by atoms with E-state index >= 15 is 0 Å². The number of anilines is 2. The van der Waals surface area contributed by atoms with Gasteiger partial charge in [-0.3, -0.25) is 20.2 Å². The van der Waals surface area contributed by atoms with Crippen LogP contribution in [0.2, 0.25) is 5.02 Å². The molecule has 0 aliphatic rings. The van der Waals surface area contributed by atoms with Crippen LogP contribution in [0.1, 0.15) is 17.3 Å². The van der Waals surface area contributed by atoms with Crippen LogP contribution in [0.4, 0.5) is 10.3 Å². The van der Waals surface area contributed by atoms with E-state index in [1.165, 1.54) is 34.4 Å². The van der Waals surface area contributed by atoms with Crippen molar-refractivity contribution >= 4 is 95.8 Å². The summed E-state index contributed by atoms with van der Waals surface area (Å²) >= 11 is 14.6. The zero-order chi connectivity index (χ0) is 20.8. The summed E-state index contributed by atoms with van der Waals surface area (Å²) < 4.78 is 2.10. The molecule has 0 saturated carbocycles. The second kappa shape index (κ2) is 10.7. The van der Waals surface area contributed by atoms with E-state index in [9.17, 15) is 9.59 Å².